The number of halogens is 2. The van der Waals surface area contributed by atoms with E-state index in [4.69, 9.17) is 0 Å². The minimum atomic E-state index is 0. The van der Waals surface area contributed by atoms with Gasteiger partial charge in [0.25, 0.3) is 0 Å². The number of hydrogen-bond acceptors (Lipinski definition) is 0. The summed E-state index contributed by atoms with van der Waals surface area (Å²) in [5, 5.41) is 0. The maximum Gasteiger partial charge on any atom is 0.0213 e. The van der Waals surface area contributed by atoms with Crippen molar-refractivity contribution in [1.82, 2.24) is 0 Å². The van der Waals surface area contributed by atoms with Crippen molar-refractivity contribution in [1.29, 1.82) is 0 Å². The van der Waals surface area contributed by atoms with E-state index in [9.17, 15) is 0 Å². The zero-order chi connectivity index (χ0) is 22.5. The van der Waals surface area contributed by atoms with E-state index in [1.165, 1.54) is 0 Å². The van der Waals surface area contributed by atoms with Crippen molar-refractivity contribution in [2.75, 3.05) is 0 Å². The van der Waals surface area contributed by atoms with Gasteiger partial charge in [-0.2, -0.15) is 133 Å². The van der Waals surface area contributed by atoms with E-state index < -0.39 is 0 Å². The third-order valence-electron chi connectivity index (χ3n) is 2.85. The Balaban J connectivity index is -0.0000000461. The summed E-state index contributed by atoms with van der Waals surface area (Å²) in [4.78, 5) is 0. The van der Waals surface area contributed by atoms with Crippen molar-refractivity contribution in [2.45, 2.75) is 19.5 Å². The molecule has 38 heavy (non-hydrogen) atoms. The van der Waals surface area contributed by atoms with Crippen molar-refractivity contribution in [3.8, 4) is 0 Å². The minimum Gasteiger partial charge on any atom is -0.358 e. The third-order valence-corrected chi connectivity index (χ3v) is 3.54. The van der Waals surface area contributed by atoms with Gasteiger partial charge in [0.1, 0.15) is 0 Å². The van der Waals surface area contributed by atoms with Crippen molar-refractivity contribution in [3.63, 3.8) is 0 Å². The van der Waals surface area contributed by atoms with Gasteiger partial charge < -0.3 is 29.7 Å². The van der Waals surface area contributed by atoms with Crippen LogP contribution in [0.1, 0.15) is 6.42 Å². The number of hydrogen-bond donors (Lipinski definition) is 0. The zero-order valence-corrected chi connectivity index (χ0v) is 29.1. The molecule has 5 heteroatoms. The van der Waals surface area contributed by atoms with Crippen LogP contribution in [-0.4, -0.2) is 9.52 Å². The predicted molar refractivity (Wildman–Crippen MR) is 181 cm³/mol. The molecule has 0 fully saturated rings. The van der Waals surface area contributed by atoms with E-state index >= 15 is 0 Å². The molecule has 1 radical (unpaired) electrons. The van der Waals surface area contributed by atoms with Gasteiger partial charge in [0.2, 0.25) is 0 Å². The fraction of sp³-hybridized carbons (Fsp3) is 0.0909. The molecule has 0 N–H and O–H groups in total. The van der Waals surface area contributed by atoms with Crippen LogP contribution in [0.2, 0.25) is 13.1 Å². The second kappa shape index (κ2) is 55.8. The summed E-state index contributed by atoms with van der Waals surface area (Å²) in [5.41, 5.74) is 0. The fourth-order valence-corrected chi connectivity index (χ4v) is 2.09. The smallest absolute Gasteiger partial charge is 0.0213 e. The molecule has 0 nitrogen and oxygen atoms in total. The first-order valence-electron chi connectivity index (χ1n) is 10.1. The van der Waals surface area contributed by atoms with E-state index in [0.717, 1.165) is 24.1 Å². The van der Waals surface area contributed by atoms with E-state index in [1.807, 2.05) is 115 Å². The molecule has 0 amide bonds. The summed E-state index contributed by atoms with van der Waals surface area (Å²) in [6.45, 7) is 4.42. The molecule has 213 valence electrons. The van der Waals surface area contributed by atoms with Crippen LogP contribution >= 0.6 is 33.0 Å². The summed E-state index contributed by atoms with van der Waals surface area (Å²) in [6, 6.07) is 41.5. The van der Waals surface area contributed by atoms with Crippen molar-refractivity contribution < 1.29 is 21.7 Å². The van der Waals surface area contributed by atoms with E-state index in [2.05, 4.69) is 55.0 Å². The number of allylic oxidation sites excluding steroid dienone is 4. The van der Waals surface area contributed by atoms with Crippen LogP contribution in [0, 0.1) is 59.8 Å². The standard InChI is InChI=1S/3C6H5.C5H5.C4H4P.C2H7Si.4CH3.2ClH.Ti/c3*1-2-4-6-5-3-1;2*1-2-4-5-3-1;1-3-2;;;;;;;/h3*1-5H;1-3H,4H2;1-3,5H;3H,1-2H3;4*1H3;2*1H;/q5*-1;;4*-1;;;. The average Bonchev–Trinajstić information content (AvgIpc) is 3.64. The molecule has 0 aliphatic heterocycles. The van der Waals surface area contributed by atoms with Crippen LogP contribution in [0.4, 0.5) is 0 Å². The molecule has 0 bridgehead atoms. The normalized spacial score (nSPS) is 7.84. The summed E-state index contributed by atoms with van der Waals surface area (Å²) in [5.74, 6) is 5.11. The molecule has 0 saturated heterocycles. The second-order valence-electron chi connectivity index (χ2n) is 5.63. The molecule has 0 spiro atoms. The van der Waals surface area contributed by atoms with Gasteiger partial charge in [0, 0.05) is 31.2 Å². The molecule has 3 aromatic carbocycles. The number of benzene rings is 3. The molecule has 4 aromatic rings. The summed E-state index contributed by atoms with van der Waals surface area (Å²) in [7, 11) is 1.57. The largest absolute Gasteiger partial charge is 0.358 e. The zero-order valence-electron chi connectivity index (χ0n) is 23.7. The SMILES string of the molecule is C[SiH]C.Cl.Cl.[C-]1=CC=CC1.[CH3-].[CH3-].[CH3-].[CH3-].[Ti].[c-]1ccc[pH]1.[c-]1ccccc1.[c-]1ccccc1.[c-]1ccccc1. The monoisotopic (exact) mass is 618 g/mol. The van der Waals surface area contributed by atoms with Crippen LogP contribution in [-0.2, 0) is 21.7 Å². The first kappa shape index (κ1) is 56.6. The predicted octanol–water partition coefficient (Wildman–Crippen LogP) is 10.4. The van der Waals surface area contributed by atoms with Crippen molar-refractivity contribution in [2.24, 2.45) is 0 Å². The Kier molecular flexibility index (Phi) is 83.1. The fourth-order valence-electron chi connectivity index (χ4n) is 1.61. The van der Waals surface area contributed by atoms with Crippen LogP contribution < -0.4 is 0 Å². The first-order chi connectivity index (χ1) is 15.4. The van der Waals surface area contributed by atoms with Gasteiger partial charge in [0.05, 0.1) is 0 Å². The molecule has 1 unspecified atom stereocenters. The van der Waals surface area contributed by atoms with Gasteiger partial charge in [-0.15, -0.1) is 31.2 Å². The van der Waals surface area contributed by atoms with Crippen LogP contribution in [0.25, 0.3) is 0 Å². The van der Waals surface area contributed by atoms with Gasteiger partial charge in [-0.25, -0.2) is 18.2 Å². The first-order valence-corrected chi connectivity index (χ1v) is 13.5. The average molecular weight is 620 g/mol. The van der Waals surface area contributed by atoms with Gasteiger partial charge in [0.15, 0.2) is 0 Å². The maximum atomic E-state index is 3.01. The van der Waals surface area contributed by atoms with Crippen molar-refractivity contribution >= 4 is 42.5 Å². The molecule has 1 heterocycles. The van der Waals surface area contributed by atoms with Gasteiger partial charge in [-0.3, -0.25) is 14.3 Å². The molecular weight excluding hydrogens is 574 g/mol. The van der Waals surface area contributed by atoms with Crippen LogP contribution in [0.3, 0.4) is 0 Å². The summed E-state index contributed by atoms with van der Waals surface area (Å²) in [6.07, 6.45) is 10.0. The Labute approximate surface area is 269 Å². The van der Waals surface area contributed by atoms with Crippen LogP contribution in [0.5, 0.6) is 0 Å². The third kappa shape index (κ3) is 55.1. The molecule has 1 aliphatic carbocycles. The molecule has 1 aromatic heterocycles. The molecule has 5 rings (SSSR count). The van der Waals surface area contributed by atoms with E-state index in [0.29, 0.717) is 0 Å². The Morgan fingerprint density at radius 1 is 0.579 bits per heavy atom. The van der Waals surface area contributed by atoms with Crippen molar-refractivity contribution in [3.05, 3.63) is 187 Å². The number of rotatable bonds is 0. The minimum absolute atomic E-state index is 0. The van der Waals surface area contributed by atoms with E-state index in [1.54, 1.807) is 0 Å². The van der Waals surface area contributed by atoms with Crippen LogP contribution in [0.15, 0.2) is 127 Å². The topological polar surface area (TPSA) is 0 Å². The van der Waals surface area contributed by atoms with Gasteiger partial charge in [-0.05, 0) is 0 Å². The molecule has 1 aliphatic rings. The van der Waals surface area contributed by atoms with Gasteiger partial charge >= 0.3 is 0 Å². The Bertz CT molecular complexity index is 631. The Morgan fingerprint density at radius 3 is 1.03 bits per heavy atom. The van der Waals surface area contributed by atoms with E-state index in [-0.39, 0.29) is 76.2 Å². The summed E-state index contributed by atoms with van der Waals surface area (Å²) >= 11 is 0. The molecular formula is C33H45Cl2PSiTi-9. The quantitative estimate of drug-likeness (QED) is 0.136. The molecule has 0 saturated carbocycles. The molecule has 1 atom stereocenters. The Morgan fingerprint density at radius 2 is 0.947 bits per heavy atom. The second-order valence-corrected chi connectivity index (χ2v) is 7.69. The Hall–Kier alpha value is -1.57. The van der Waals surface area contributed by atoms with Gasteiger partial charge in [-0.1, -0.05) is 13.1 Å². The summed E-state index contributed by atoms with van der Waals surface area (Å²) < 4.78 is 0. The maximum absolute atomic E-state index is 3.01.